The molecule has 0 aliphatic carbocycles. The van der Waals surface area contributed by atoms with Gasteiger partial charge in [0.15, 0.2) is 10.1 Å². The SMILES string of the molecule is O=C(/C=C/c1ccc(F)cc1)/C=C/c1ccc(OCCSc2nnc(-c3ccccc3)s2)cc1. The normalized spacial score (nSPS) is 11.3. The first-order chi connectivity index (χ1) is 16.7. The highest BCUT2D eigenvalue weighted by atomic mass is 32.2. The summed E-state index contributed by atoms with van der Waals surface area (Å²) in [5, 5.41) is 9.40. The van der Waals surface area contributed by atoms with Crippen LogP contribution in [0.1, 0.15) is 11.1 Å². The Morgan fingerprint density at radius 1 is 0.882 bits per heavy atom. The Morgan fingerprint density at radius 2 is 1.53 bits per heavy atom. The third kappa shape index (κ3) is 7.23. The van der Waals surface area contributed by atoms with E-state index in [9.17, 15) is 9.18 Å². The number of carbonyl (C=O) groups is 1. The molecule has 0 radical (unpaired) electrons. The van der Waals surface area contributed by atoms with Crippen molar-refractivity contribution in [1.29, 1.82) is 0 Å². The highest BCUT2D eigenvalue weighted by Crippen LogP contribution is 2.29. The smallest absolute Gasteiger partial charge is 0.178 e. The van der Waals surface area contributed by atoms with Crippen molar-refractivity contribution in [1.82, 2.24) is 10.2 Å². The fourth-order valence-corrected chi connectivity index (χ4v) is 4.66. The van der Waals surface area contributed by atoms with Crippen molar-refractivity contribution in [3.8, 4) is 16.3 Å². The number of aromatic nitrogens is 2. The number of hydrogen-bond acceptors (Lipinski definition) is 6. The Bertz CT molecular complexity index is 1270. The van der Waals surface area contributed by atoms with Gasteiger partial charge >= 0.3 is 0 Å². The third-order valence-corrected chi connectivity index (χ3v) is 6.70. The highest BCUT2D eigenvalue weighted by molar-refractivity contribution is 8.01. The molecule has 0 fully saturated rings. The number of ether oxygens (including phenoxy) is 1. The van der Waals surface area contributed by atoms with Gasteiger partial charge in [-0.3, -0.25) is 4.79 Å². The summed E-state index contributed by atoms with van der Waals surface area (Å²) < 4.78 is 19.6. The Hall–Kier alpha value is -3.55. The second kappa shape index (κ2) is 12.1. The van der Waals surface area contributed by atoms with Crippen LogP contribution in [0.25, 0.3) is 22.7 Å². The van der Waals surface area contributed by atoms with Crippen LogP contribution >= 0.6 is 23.1 Å². The quantitative estimate of drug-likeness (QED) is 0.139. The van der Waals surface area contributed by atoms with Gasteiger partial charge in [-0.1, -0.05) is 89.8 Å². The minimum absolute atomic E-state index is 0.145. The van der Waals surface area contributed by atoms with Crippen LogP contribution < -0.4 is 4.74 Å². The lowest BCUT2D eigenvalue weighted by molar-refractivity contribution is -0.110. The summed E-state index contributed by atoms with van der Waals surface area (Å²) in [7, 11) is 0. The van der Waals surface area contributed by atoms with Gasteiger partial charge in [0.1, 0.15) is 16.6 Å². The zero-order valence-corrected chi connectivity index (χ0v) is 19.8. The van der Waals surface area contributed by atoms with Crippen molar-refractivity contribution < 1.29 is 13.9 Å². The van der Waals surface area contributed by atoms with Gasteiger partial charge in [-0.05, 0) is 47.5 Å². The molecule has 0 saturated heterocycles. The van der Waals surface area contributed by atoms with E-state index in [1.165, 1.54) is 24.3 Å². The second-order valence-corrected chi connectivity index (χ2v) is 9.45. The maximum Gasteiger partial charge on any atom is 0.178 e. The molecule has 170 valence electrons. The lowest BCUT2D eigenvalue weighted by Crippen LogP contribution is -1.99. The van der Waals surface area contributed by atoms with Gasteiger partial charge in [0.05, 0.1) is 6.61 Å². The van der Waals surface area contributed by atoms with Gasteiger partial charge in [0.25, 0.3) is 0 Å². The first kappa shape index (κ1) is 23.6. The summed E-state index contributed by atoms with van der Waals surface area (Å²) in [5.41, 5.74) is 2.74. The first-order valence-electron chi connectivity index (χ1n) is 10.6. The molecule has 0 bridgehead atoms. The number of benzene rings is 3. The molecule has 0 N–H and O–H groups in total. The van der Waals surface area contributed by atoms with Crippen LogP contribution in [0.3, 0.4) is 0 Å². The van der Waals surface area contributed by atoms with E-state index in [-0.39, 0.29) is 11.6 Å². The van der Waals surface area contributed by atoms with Crippen LogP contribution in [0, 0.1) is 5.82 Å². The zero-order chi connectivity index (χ0) is 23.6. The average Bonchev–Trinajstić information content (AvgIpc) is 3.35. The number of halogens is 1. The van der Waals surface area contributed by atoms with Gasteiger partial charge in [-0.15, -0.1) is 10.2 Å². The van der Waals surface area contributed by atoms with Crippen LogP contribution in [0.2, 0.25) is 0 Å². The van der Waals surface area contributed by atoms with Crippen molar-refractivity contribution in [2.75, 3.05) is 12.4 Å². The topological polar surface area (TPSA) is 52.1 Å². The van der Waals surface area contributed by atoms with E-state index in [1.807, 2.05) is 54.6 Å². The van der Waals surface area contributed by atoms with Gasteiger partial charge in [0.2, 0.25) is 0 Å². The maximum absolute atomic E-state index is 12.9. The average molecular weight is 489 g/mol. The standard InChI is InChI=1S/C27H21FN2O2S2/c28-23-12-6-20(7-13-23)8-14-24(31)15-9-21-10-16-25(17-11-21)32-18-19-33-27-30-29-26(34-27)22-4-2-1-3-5-22/h1-17H,18-19H2/b14-8+,15-9+. The fraction of sp³-hybridized carbons (Fsp3) is 0.0741. The predicted octanol–water partition coefficient (Wildman–Crippen LogP) is 6.81. The minimum Gasteiger partial charge on any atom is -0.493 e. The number of nitrogens with zero attached hydrogens (tertiary/aromatic N) is 2. The lowest BCUT2D eigenvalue weighted by Gasteiger charge is -2.05. The molecule has 0 aliphatic heterocycles. The van der Waals surface area contributed by atoms with Gasteiger partial charge in [-0.25, -0.2) is 4.39 Å². The Kier molecular flexibility index (Phi) is 8.38. The molecule has 3 aromatic carbocycles. The number of carbonyl (C=O) groups excluding carboxylic acids is 1. The molecule has 0 atom stereocenters. The molecular formula is C27H21FN2O2S2. The summed E-state index contributed by atoms with van der Waals surface area (Å²) in [5.74, 6) is 1.08. The van der Waals surface area contributed by atoms with E-state index in [0.29, 0.717) is 6.61 Å². The molecule has 0 saturated carbocycles. The number of hydrogen-bond donors (Lipinski definition) is 0. The first-order valence-corrected chi connectivity index (χ1v) is 12.4. The van der Waals surface area contributed by atoms with Crippen LogP contribution in [0.15, 0.2) is 95.4 Å². The predicted molar refractivity (Wildman–Crippen MR) is 137 cm³/mol. The van der Waals surface area contributed by atoms with Crippen LogP contribution in [0.4, 0.5) is 4.39 Å². The molecule has 0 amide bonds. The summed E-state index contributed by atoms with van der Waals surface area (Å²) in [4.78, 5) is 12.0. The summed E-state index contributed by atoms with van der Waals surface area (Å²) in [6, 6.07) is 23.5. The molecule has 34 heavy (non-hydrogen) atoms. The number of rotatable bonds is 10. The van der Waals surface area contributed by atoms with Crippen LogP contribution in [-0.2, 0) is 4.79 Å². The van der Waals surface area contributed by atoms with Crippen molar-refractivity contribution in [3.63, 3.8) is 0 Å². The van der Waals surface area contributed by atoms with E-state index in [4.69, 9.17) is 4.74 Å². The molecule has 0 aliphatic rings. The number of thioether (sulfide) groups is 1. The Balaban J connectivity index is 1.20. The maximum atomic E-state index is 12.9. The van der Waals surface area contributed by atoms with Crippen molar-refractivity contribution in [2.24, 2.45) is 0 Å². The van der Waals surface area contributed by atoms with Gasteiger partial charge < -0.3 is 4.74 Å². The number of allylic oxidation sites excluding steroid dienone is 2. The molecule has 4 aromatic rings. The molecule has 7 heteroatoms. The van der Waals surface area contributed by atoms with Gasteiger partial charge in [0, 0.05) is 11.3 Å². The largest absolute Gasteiger partial charge is 0.493 e. The van der Waals surface area contributed by atoms with Crippen LogP contribution in [0.5, 0.6) is 5.75 Å². The number of ketones is 1. The Labute approximate surface area is 205 Å². The van der Waals surface area contributed by atoms with Crippen molar-refractivity contribution in [2.45, 2.75) is 4.34 Å². The minimum atomic E-state index is -0.302. The highest BCUT2D eigenvalue weighted by Gasteiger charge is 2.06. The third-order valence-electron chi connectivity index (χ3n) is 4.64. The van der Waals surface area contributed by atoms with Crippen LogP contribution in [-0.4, -0.2) is 28.3 Å². The van der Waals surface area contributed by atoms with E-state index in [0.717, 1.165) is 37.5 Å². The molecule has 1 heterocycles. The van der Waals surface area contributed by atoms with E-state index in [1.54, 1.807) is 47.4 Å². The molecule has 0 unspecified atom stereocenters. The van der Waals surface area contributed by atoms with E-state index >= 15 is 0 Å². The second-order valence-electron chi connectivity index (χ2n) is 7.13. The molecule has 0 spiro atoms. The molecular weight excluding hydrogens is 467 g/mol. The summed E-state index contributed by atoms with van der Waals surface area (Å²) >= 11 is 3.19. The van der Waals surface area contributed by atoms with Gasteiger partial charge in [-0.2, -0.15) is 0 Å². The van der Waals surface area contributed by atoms with E-state index < -0.39 is 0 Å². The zero-order valence-electron chi connectivity index (χ0n) is 18.1. The summed E-state index contributed by atoms with van der Waals surface area (Å²) in [6.45, 7) is 0.548. The summed E-state index contributed by atoms with van der Waals surface area (Å²) in [6.07, 6.45) is 6.36. The van der Waals surface area contributed by atoms with Crippen molar-refractivity contribution in [3.05, 3.63) is 108 Å². The molecule has 4 nitrogen and oxygen atoms in total. The monoisotopic (exact) mass is 488 g/mol. The van der Waals surface area contributed by atoms with Crippen molar-refractivity contribution >= 4 is 41.0 Å². The molecule has 1 aromatic heterocycles. The lowest BCUT2D eigenvalue weighted by atomic mass is 10.1. The fourth-order valence-electron chi connectivity index (χ4n) is 2.92. The molecule has 4 rings (SSSR count). The Morgan fingerprint density at radius 3 is 2.21 bits per heavy atom. The van der Waals surface area contributed by atoms with E-state index in [2.05, 4.69) is 10.2 Å².